The molecule has 252 valence electrons. The Morgan fingerprint density at radius 1 is 0.933 bits per heavy atom. The molecule has 0 spiro atoms. The average molecular weight is 644 g/mol. The second kappa shape index (κ2) is 12.8. The zero-order valence-electron chi connectivity index (χ0n) is 27.9. The highest BCUT2D eigenvalue weighted by molar-refractivity contribution is 7.90. The van der Waals surface area contributed by atoms with E-state index in [4.69, 9.17) is 4.74 Å². The Kier molecular flexibility index (Phi) is 9.43. The molecular weight excluding hydrogens is 586 g/mol. The van der Waals surface area contributed by atoms with E-state index in [0.717, 1.165) is 64.2 Å². The van der Waals surface area contributed by atoms with Gasteiger partial charge in [-0.2, -0.15) is 0 Å². The van der Waals surface area contributed by atoms with Crippen molar-refractivity contribution in [1.82, 2.24) is 4.72 Å². The molecule has 0 aromatic heterocycles. The van der Waals surface area contributed by atoms with Gasteiger partial charge in [0.1, 0.15) is 0 Å². The molecule has 0 heterocycles. The zero-order chi connectivity index (χ0) is 32.1. The Morgan fingerprint density at radius 3 is 2.29 bits per heavy atom. The fourth-order valence-corrected chi connectivity index (χ4v) is 12.7. The monoisotopic (exact) mass is 643 g/mol. The standard InChI is InChI=1S/C37H57NO6S/c1-5-28-32-21-26(39)17-19-37(32,4)31-18-20-36(3)29(15-16-30(36)33(31)34(28)40)23(2)22-44-35(41)38-45(42,43)27-13-11-25(12-14-27)24-9-7-6-8-10-24/h11-14,23-24,26,28-34,39-40H,5-10,15-22H2,1-4H3,(H,38,41)/t23-,26-,28-,29?,30?,31?,32?,33?,34-,36-,37?/m1/s1. The van der Waals surface area contributed by atoms with Gasteiger partial charge in [0, 0.05) is 0 Å². The number of aliphatic hydroxyl groups is 2. The lowest BCUT2D eigenvalue weighted by molar-refractivity contribution is -0.203. The van der Waals surface area contributed by atoms with Gasteiger partial charge < -0.3 is 14.9 Å². The topological polar surface area (TPSA) is 113 Å². The van der Waals surface area contributed by atoms with Crippen molar-refractivity contribution >= 4 is 16.1 Å². The number of aliphatic hydroxyl groups excluding tert-OH is 2. The summed E-state index contributed by atoms with van der Waals surface area (Å²) in [6.45, 7) is 9.35. The highest BCUT2D eigenvalue weighted by atomic mass is 32.2. The lowest BCUT2D eigenvalue weighted by Crippen LogP contribution is -2.62. The molecule has 1 aromatic carbocycles. The number of nitrogens with one attached hydrogen (secondary N) is 1. The summed E-state index contributed by atoms with van der Waals surface area (Å²) in [7, 11) is -4.02. The number of rotatable bonds is 7. The maximum absolute atomic E-state index is 13.0. The van der Waals surface area contributed by atoms with Crippen LogP contribution in [0.5, 0.6) is 0 Å². The number of hydrogen-bond acceptors (Lipinski definition) is 6. The van der Waals surface area contributed by atoms with Gasteiger partial charge in [-0.25, -0.2) is 17.9 Å². The molecule has 3 N–H and O–H groups in total. The minimum Gasteiger partial charge on any atom is -0.449 e. The van der Waals surface area contributed by atoms with Crippen molar-refractivity contribution in [2.45, 2.75) is 134 Å². The van der Waals surface area contributed by atoms with E-state index in [-0.39, 0.29) is 52.3 Å². The molecule has 6 rings (SSSR count). The zero-order valence-corrected chi connectivity index (χ0v) is 28.7. The van der Waals surface area contributed by atoms with Gasteiger partial charge in [-0.1, -0.05) is 65.5 Å². The molecule has 8 heteroatoms. The van der Waals surface area contributed by atoms with Crippen LogP contribution in [0.2, 0.25) is 0 Å². The Morgan fingerprint density at radius 2 is 1.60 bits per heavy atom. The molecule has 5 aliphatic rings. The summed E-state index contributed by atoms with van der Waals surface area (Å²) < 4.78 is 33.7. The number of fused-ring (bicyclic) bond motifs is 5. The Labute approximate surface area is 271 Å². The number of amides is 1. The summed E-state index contributed by atoms with van der Waals surface area (Å²) >= 11 is 0. The van der Waals surface area contributed by atoms with Crippen LogP contribution in [0.3, 0.4) is 0 Å². The first-order valence-corrected chi connectivity index (χ1v) is 19.5. The van der Waals surface area contributed by atoms with E-state index in [0.29, 0.717) is 29.6 Å². The molecule has 5 fully saturated rings. The highest BCUT2D eigenvalue weighted by Gasteiger charge is 2.65. The molecule has 11 atom stereocenters. The summed E-state index contributed by atoms with van der Waals surface area (Å²) in [6.07, 6.45) is 12.4. The minimum atomic E-state index is -4.02. The maximum atomic E-state index is 13.0. The van der Waals surface area contributed by atoms with Gasteiger partial charge in [0.25, 0.3) is 10.0 Å². The van der Waals surface area contributed by atoms with Gasteiger partial charge in [0.15, 0.2) is 0 Å². The Hall–Kier alpha value is -1.64. The SMILES string of the molecule is CC[C@@H]1C2C[C@H](O)CCC2(C)C2CC[C@@]3(C)C(CCC3[C@H](C)COC(=O)NS(=O)(=O)c3ccc(C4CCCCC4)cc3)C2[C@@H]1O. The predicted octanol–water partition coefficient (Wildman–Crippen LogP) is 7.41. The smallest absolute Gasteiger partial charge is 0.421 e. The molecule has 1 aromatic rings. The minimum absolute atomic E-state index is 0.0449. The van der Waals surface area contributed by atoms with Crippen LogP contribution in [-0.2, 0) is 14.8 Å². The second-order valence-electron chi connectivity index (χ2n) is 16.2. The van der Waals surface area contributed by atoms with Crippen molar-refractivity contribution in [3.05, 3.63) is 29.8 Å². The first-order chi connectivity index (χ1) is 21.4. The molecular formula is C37H57NO6S. The van der Waals surface area contributed by atoms with Gasteiger partial charge >= 0.3 is 6.09 Å². The molecule has 0 saturated heterocycles. The number of benzene rings is 1. The third-order valence-corrected chi connectivity index (χ3v) is 15.4. The Balaban J connectivity index is 1.08. The summed E-state index contributed by atoms with van der Waals surface area (Å²) in [5.74, 6) is 2.66. The fourth-order valence-electron chi connectivity index (χ4n) is 11.8. The Bertz CT molecular complexity index is 1310. The van der Waals surface area contributed by atoms with Crippen LogP contribution < -0.4 is 4.72 Å². The fraction of sp³-hybridized carbons (Fsp3) is 0.811. The van der Waals surface area contributed by atoms with Crippen LogP contribution >= 0.6 is 0 Å². The van der Waals surface area contributed by atoms with Crippen LogP contribution in [0.4, 0.5) is 4.79 Å². The van der Waals surface area contributed by atoms with E-state index in [1.807, 2.05) is 12.1 Å². The first kappa shape index (κ1) is 33.3. The van der Waals surface area contributed by atoms with Crippen molar-refractivity contribution in [1.29, 1.82) is 0 Å². The van der Waals surface area contributed by atoms with Gasteiger partial charge in [-0.15, -0.1) is 0 Å². The second-order valence-corrected chi connectivity index (χ2v) is 17.9. The van der Waals surface area contributed by atoms with E-state index < -0.39 is 16.1 Å². The van der Waals surface area contributed by atoms with Crippen LogP contribution in [0.1, 0.15) is 123 Å². The molecule has 5 saturated carbocycles. The van der Waals surface area contributed by atoms with E-state index in [2.05, 4.69) is 32.4 Å². The largest absolute Gasteiger partial charge is 0.449 e. The number of carbonyl (C=O) groups is 1. The van der Waals surface area contributed by atoms with Crippen LogP contribution in [0, 0.1) is 52.3 Å². The molecule has 0 bridgehead atoms. The molecule has 45 heavy (non-hydrogen) atoms. The van der Waals surface area contributed by atoms with Gasteiger partial charge in [-0.05, 0) is 134 Å². The van der Waals surface area contributed by atoms with Crippen molar-refractivity contribution in [3.8, 4) is 0 Å². The molecule has 5 aliphatic carbocycles. The van der Waals surface area contributed by atoms with Gasteiger partial charge in [0.2, 0.25) is 0 Å². The third kappa shape index (κ3) is 5.99. The third-order valence-electron chi connectivity index (χ3n) is 14.1. The van der Waals surface area contributed by atoms with Gasteiger partial charge in [0.05, 0.1) is 23.7 Å². The maximum Gasteiger partial charge on any atom is 0.421 e. The summed E-state index contributed by atoms with van der Waals surface area (Å²) in [6, 6.07) is 6.96. The van der Waals surface area contributed by atoms with Crippen LogP contribution in [-0.4, -0.2) is 43.5 Å². The summed E-state index contributed by atoms with van der Waals surface area (Å²) in [5, 5.41) is 22.5. The number of sulfonamides is 1. The quantitative estimate of drug-likeness (QED) is 0.285. The highest BCUT2D eigenvalue weighted by Crippen LogP contribution is 2.69. The van der Waals surface area contributed by atoms with E-state index in [9.17, 15) is 23.4 Å². The lowest BCUT2D eigenvalue weighted by Gasteiger charge is -2.64. The van der Waals surface area contributed by atoms with Crippen molar-refractivity contribution < 1.29 is 28.2 Å². The number of hydrogen-bond donors (Lipinski definition) is 3. The van der Waals surface area contributed by atoms with Gasteiger partial charge in [-0.3, -0.25) is 0 Å². The van der Waals surface area contributed by atoms with Crippen molar-refractivity contribution in [2.24, 2.45) is 52.3 Å². The summed E-state index contributed by atoms with van der Waals surface area (Å²) in [4.78, 5) is 12.8. The van der Waals surface area contributed by atoms with E-state index in [1.54, 1.807) is 12.1 Å². The van der Waals surface area contributed by atoms with Crippen LogP contribution in [0.15, 0.2) is 29.2 Å². The van der Waals surface area contributed by atoms with Crippen molar-refractivity contribution in [2.75, 3.05) is 6.61 Å². The normalized spacial score (nSPS) is 40.9. The first-order valence-electron chi connectivity index (χ1n) is 18.0. The molecule has 0 aliphatic heterocycles. The lowest BCUT2D eigenvalue weighted by atomic mass is 9.41. The van der Waals surface area contributed by atoms with E-state index >= 15 is 0 Å². The van der Waals surface area contributed by atoms with Crippen molar-refractivity contribution in [3.63, 3.8) is 0 Å². The number of ether oxygens (including phenoxy) is 1. The predicted molar refractivity (Wildman–Crippen MR) is 175 cm³/mol. The average Bonchev–Trinajstić information content (AvgIpc) is 3.38. The molecule has 7 nitrogen and oxygen atoms in total. The van der Waals surface area contributed by atoms with E-state index in [1.165, 1.54) is 24.8 Å². The number of carbonyl (C=O) groups excluding carboxylic acids is 1. The summed E-state index contributed by atoms with van der Waals surface area (Å²) in [5.41, 5.74) is 1.38. The molecule has 6 unspecified atom stereocenters. The van der Waals surface area contributed by atoms with Crippen LogP contribution in [0.25, 0.3) is 0 Å². The molecule has 1 amide bonds. The molecule has 0 radical (unpaired) electrons.